The lowest BCUT2D eigenvalue weighted by Crippen LogP contribution is -2.25. The summed E-state index contributed by atoms with van der Waals surface area (Å²) in [5, 5.41) is 0. The summed E-state index contributed by atoms with van der Waals surface area (Å²) in [5.74, 6) is 0.433. The van der Waals surface area contributed by atoms with Gasteiger partial charge in [-0.2, -0.15) is 0 Å². The molecule has 1 atom stereocenters. The van der Waals surface area contributed by atoms with Crippen LogP contribution < -0.4 is 5.73 Å². The highest BCUT2D eigenvalue weighted by atomic mass is 14.9. The normalized spacial score (nSPS) is 17.4. The molecular formula is C15H30N2. The molecule has 0 saturated heterocycles. The van der Waals surface area contributed by atoms with Gasteiger partial charge in [-0.05, 0) is 44.4 Å². The number of aliphatic imine (C=N–C) groups is 1. The first-order chi connectivity index (χ1) is 7.90. The molecule has 0 heterocycles. The Kier molecular flexibility index (Phi) is 7.17. The van der Waals surface area contributed by atoms with Gasteiger partial charge in [0, 0.05) is 5.71 Å². The number of allylic oxidation sites excluding steroid dienone is 1. The highest BCUT2D eigenvalue weighted by Gasteiger charge is 2.22. The van der Waals surface area contributed by atoms with Crippen LogP contribution in [0.4, 0.5) is 0 Å². The Labute approximate surface area is 107 Å². The van der Waals surface area contributed by atoms with Crippen LogP contribution in [0, 0.1) is 5.92 Å². The summed E-state index contributed by atoms with van der Waals surface area (Å²) in [5.41, 5.74) is 7.97. The van der Waals surface area contributed by atoms with E-state index in [0.29, 0.717) is 5.92 Å². The van der Waals surface area contributed by atoms with E-state index >= 15 is 0 Å². The molecule has 0 fully saturated rings. The van der Waals surface area contributed by atoms with E-state index in [4.69, 9.17) is 10.7 Å². The third-order valence-electron chi connectivity index (χ3n) is 3.42. The van der Waals surface area contributed by atoms with Crippen molar-refractivity contribution in [2.75, 3.05) is 0 Å². The van der Waals surface area contributed by atoms with Gasteiger partial charge in [-0.1, -0.05) is 40.5 Å². The molecule has 0 aromatic carbocycles. The van der Waals surface area contributed by atoms with Gasteiger partial charge in [0.2, 0.25) is 0 Å². The highest BCUT2D eigenvalue weighted by molar-refractivity contribution is 6.01. The molecule has 0 aliphatic rings. The molecule has 0 amide bonds. The smallest absolute Gasteiger partial charge is 0.0581 e. The Morgan fingerprint density at radius 3 is 2.29 bits per heavy atom. The van der Waals surface area contributed by atoms with Crippen molar-refractivity contribution < 1.29 is 0 Å². The summed E-state index contributed by atoms with van der Waals surface area (Å²) in [4.78, 5) is 5.00. The largest absolute Gasteiger partial charge is 0.404 e. The summed E-state index contributed by atoms with van der Waals surface area (Å²) in [7, 11) is 0. The number of hydrogen-bond donors (Lipinski definition) is 1. The first-order valence-electron chi connectivity index (χ1n) is 6.88. The monoisotopic (exact) mass is 238 g/mol. The fourth-order valence-corrected chi connectivity index (χ4v) is 1.92. The van der Waals surface area contributed by atoms with Gasteiger partial charge in [0.15, 0.2) is 0 Å². The molecule has 0 aliphatic carbocycles. The summed E-state index contributed by atoms with van der Waals surface area (Å²) in [6, 6.07) is 0. The summed E-state index contributed by atoms with van der Waals surface area (Å²) >= 11 is 0. The first-order valence-corrected chi connectivity index (χ1v) is 6.88. The van der Waals surface area contributed by atoms with E-state index in [1.165, 1.54) is 12.8 Å². The molecule has 1 unspecified atom stereocenters. The van der Waals surface area contributed by atoms with Gasteiger partial charge < -0.3 is 5.73 Å². The van der Waals surface area contributed by atoms with Crippen LogP contribution in [0.3, 0.4) is 0 Å². The minimum atomic E-state index is 0.0693. The Morgan fingerprint density at radius 2 is 1.94 bits per heavy atom. The van der Waals surface area contributed by atoms with Gasteiger partial charge in [0.1, 0.15) is 0 Å². The van der Waals surface area contributed by atoms with Crippen LogP contribution in [0.5, 0.6) is 0 Å². The van der Waals surface area contributed by atoms with Crippen molar-refractivity contribution in [2.45, 2.75) is 72.8 Å². The molecule has 100 valence electrons. The maximum atomic E-state index is 5.63. The lowest BCUT2D eigenvalue weighted by molar-refractivity contribution is 0.405. The van der Waals surface area contributed by atoms with Crippen LogP contribution in [-0.2, 0) is 0 Å². The maximum Gasteiger partial charge on any atom is 0.0581 e. The SMILES string of the molecule is CCCCC(C)(CC)N=C(/C(C)=C\N)C(C)C. The zero-order valence-electron chi connectivity index (χ0n) is 12.5. The Hall–Kier alpha value is -0.790. The number of unbranched alkanes of at least 4 members (excludes halogenated alkanes) is 1. The fourth-order valence-electron chi connectivity index (χ4n) is 1.92. The number of nitrogens with two attached hydrogens (primary N) is 1. The Morgan fingerprint density at radius 1 is 1.35 bits per heavy atom. The van der Waals surface area contributed by atoms with Crippen LogP contribution in [0.25, 0.3) is 0 Å². The van der Waals surface area contributed by atoms with Crippen molar-refractivity contribution in [2.24, 2.45) is 16.6 Å². The van der Waals surface area contributed by atoms with Crippen molar-refractivity contribution in [1.29, 1.82) is 0 Å². The molecule has 0 bridgehead atoms. The Balaban J connectivity index is 5.11. The standard InChI is InChI=1S/C15H30N2/c1-7-9-10-15(6,8-2)17-14(12(3)4)13(5)11-16/h11-12H,7-10,16H2,1-6H3/b13-11-,17-14?. The van der Waals surface area contributed by atoms with Gasteiger partial charge in [-0.3, -0.25) is 4.99 Å². The van der Waals surface area contributed by atoms with Crippen LogP contribution in [0.2, 0.25) is 0 Å². The fraction of sp³-hybridized carbons (Fsp3) is 0.800. The van der Waals surface area contributed by atoms with Crippen molar-refractivity contribution in [3.05, 3.63) is 11.8 Å². The number of rotatable bonds is 7. The van der Waals surface area contributed by atoms with E-state index in [1.54, 1.807) is 6.20 Å². The van der Waals surface area contributed by atoms with E-state index in [1.807, 2.05) is 0 Å². The van der Waals surface area contributed by atoms with Gasteiger partial charge in [-0.25, -0.2) is 0 Å². The van der Waals surface area contributed by atoms with Crippen molar-refractivity contribution in [3.8, 4) is 0 Å². The lowest BCUT2D eigenvalue weighted by Gasteiger charge is -2.26. The molecule has 0 radical (unpaired) electrons. The molecule has 17 heavy (non-hydrogen) atoms. The Bertz CT molecular complexity index is 277. The topological polar surface area (TPSA) is 38.4 Å². The number of nitrogens with zero attached hydrogens (tertiary/aromatic N) is 1. The first kappa shape index (κ1) is 16.2. The lowest BCUT2D eigenvalue weighted by atomic mass is 9.91. The summed E-state index contributed by atoms with van der Waals surface area (Å²) < 4.78 is 0. The third kappa shape index (κ3) is 5.38. The highest BCUT2D eigenvalue weighted by Crippen LogP contribution is 2.25. The van der Waals surface area contributed by atoms with Crippen LogP contribution in [0.1, 0.15) is 67.2 Å². The average Bonchev–Trinajstić information content (AvgIpc) is 2.32. The molecule has 0 saturated carbocycles. The van der Waals surface area contributed by atoms with Crippen LogP contribution in [0.15, 0.2) is 16.8 Å². The van der Waals surface area contributed by atoms with E-state index in [-0.39, 0.29) is 5.54 Å². The van der Waals surface area contributed by atoms with E-state index in [9.17, 15) is 0 Å². The second-order valence-electron chi connectivity index (χ2n) is 5.46. The molecule has 2 N–H and O–H groups in total. The van der Waals surface area contributed by atoms with E-state index < -0.39 is 0 Å². The van der Waals surface area contributed by atoms with Crippen molar-refractivity contribution in [1.82, 2.24) is 0 Å². The predicted molar refractivity (Wildman–Crippen MR) is 78.4 cm³/mol. The second kappa shape index (κ2) is 7.52. The number of hydrogen-bond acceptors (Lipinski definition) is 2. The van der Waals surface area contributed by atoms with E-state index in [2.05, 4.69) is 41.5 Å². The quantitative estimate of drug-likeness (QED) is 0.660. The third-order valence-corrected chi connectivity index (χ3v) is 3.42. The van der Waals surface area contributed by atoms with Crippen LogP contribution in [-0.4, -0.2) is 11.3 Å². The molecule has 0 rings (SSSR count). The molecule has 0 aromatic heterocycles. The predicted octanol–water partition coefficient (Wildman–Crippen LogP) is 4.30. The minimum Gasteiger partial charge on any atom is -0.404 e. The van der Waals surface area contributed by atoms with Crippen molar-refractivity contribution in [3.63, 3.8) is 0 Å². The molecule has 2 nitrogen and oxygen atoms in total. The molecular weight excluding hydrogens is 208 g/mol. The maximum absolute atomic E-state index is 5.63. The molecule has 2 heteroatoms. The van der Waals surface area contributed by atoms with Crippen molar-refractivity contribution >= 4 is 5.71 Å². The summed E-state index contributed by atoms with van der Waals surface area (Å²) in [6.45, 7) is 13.1. The van der Waals surface area contributed by atoms with Gasteiger partial charge in [-0.15, -0.1) is 0 Å². The van der Waals surface area contributed by atoms with Gasteiger partial charge in [0.05, 0.1) is 5.54 Å². The van der Waals surface area contributed by atoms with Gasteiger partial charge in [0.25, 0.3) is 0 Å². The molecule has 0 aromatic rings. The minimum absolute atomic E-state index is 0.0693. The zero-order valence-corrected chi connectivity index (χ0v) is 12.5. The van der Waals surface area contributed by atoms with Crippen LogP contribution >= 0.6 is 0 Å². The van der Waals surface area contributed by atoms with Gasteiger partial charge >= 0.3 is 0 Å². The molecule has 0 aliphatic heterocycles. The zero-order chi connectivity index (χ0) is 13.5. The second-order valence-corrected chi connectivity index (χ2v) is 5.46. The van der Waals surface area contributed by atoms with E-state index in [0.717, 1.165) is 24.1 Å². The molecule has 0 spiro atoms. The summed E-state index contributed by atoms with van der Waals surface area (Å²) in [6.07, 6.45) is 6.39. The average molecular weight is 238 g/mol.